The van der Waals surface area contributed by atoms with Crippen LogP contribution in [-0.4, -0.2) is 37.3 Å². The Labute approximate surface area is 121 Å². The Bertz CT molecular complexity index is 487. The molecule has 110 valence electrons. The van der Waals surface area contributed by atoms with Gasteiger partial charge in [0.1, 0.15) is 5.82 Å². The first kappa shape index (κ1) is 15.5. The van der Waals surface area contributed by atoms with Crippen LogP contribution in [0.25, 0.3) is 0 Å². The Hall–Kier alpha value is -0.905. The Balaban J connectivity index is 2.34. The van der Waals surface area contributed by atoms with Gasteiger partial charge in [-0.2, -0.15) is 0 Å². The minimum absolute atomic E-state index is 0.234. The maximum atomic E-state index is 13.5. The van der Waals surface area contributed by atoms with Crippen LogP contribution in [0.3, 0.4) is 0 Å². The van der Waals surface area contributed by atoms with E-state index in [0.717, 1.165) is 11.0 Å². The Morgan fingerprint density at radius 1 is 1.10 bits per heavy atom. The molecule has 1 aliphatic rings. The van der Waals surface area contributed by atoms with E-state index >= 15 is 0 Å². The van der Waals surface area contributed by atoms with Crippen LogP contribution in [-0.2, 0) is 15.9 Å². The lowest BCUT2D eigenvalue weighted by Crippen LogP contribution is -2.41. The molecule has 1 fully saturated rings. The first-order valence-electron chi connectivity index (χ1n) is 6.91. The number of halogens is 1. The van der Waals surface area contributed by atoms with Gasteiger partial charge in [-0.1, -0.05) is 6.07 Å². The van der Waals surface area contributed by atoms with Crippen LogP contribution in [0.15, 0.2) is 18.2 Å². The number of nitrogens with zero attached hydrogens (tertiary/aromatic N) is 1. The summed E-state index contributed by atoms with van der Waals surface area (Å²) in [4.78, 5) is 2.00. The fourth-order valence-corrected chi connectivity index (χ4v) is 2.25. The molecule has 0 aromatic heterocycles. The van der Waals surface area contributed by atoms with Crippen molar-refractivity contribution in [2.75, 3.05) is 14.1 Å². The molecule has 0 atom stereocenters. The van der Waals surface area contributed by atoms with Crippen molar-refractivity contribution in [3.8, 4) is 0 Å². The lowest BCUT2D eigenvalue weighted by molar-refractivity contribution is 0.00578. The summed E-state index contributed by atoms with van der Waals surface area (Å²) < 4.78 is 25.6. The predicted molar refractivity (Wildman–Crippen MR) is 79.5 cm³/mol. The van der Waals surface area contributed by atoms with Crippen LogP contribution in [0.1, 0.15) is 33.3 Å². The summed E-state index contributed by atoms with van der Waals surface area (Å²) in [5.41, 5.74) is 1.02. The largest absolute Gasteiger partial charge is 0.495 e. The first-order valence-corrected chi connectivity index (χ1v) is 6.91. The minimum Gasteiger partial charge on any atom is -0.399 e. The van der Waals surface area contributed by atoms with E-state index in [1.54, 1.807) is 12.1 Å². The molecule has 0 saturated carbocycles. The number of benzene rings is 1. The zero-order valence-electron chi connectivity index (χ0n) is 13.2. The van der Waals surface area contributed by atoms with Crippen molar-refractivity contribution in [1.29, 1.82) is 0 Å². The molecule has 0 radical (unpaired) electrons. The summed E-state index contributed by atoms with van der Waals surface area (Å²) in [6.07, 6.45) is 0. The fourth-order valence-electron chi connectivity index (χ4n) is 2.25. The van der Waals surface area contributed by atoms with E-state index < -0.39 is 7.12 Å². The SMILES string of the molecule is CN(C)Cc1cc(F)ccc1B1OC(C)(C)C(C)(C)O1. The van der Waals surface area contributed by atoms with Crippen molar-refractivity contribution in [2.24, 2.45) is 0 Å². The van der Waals surface area contributed by atoms with Crippen LogP contribution < -0.4 is 5.46 Å². The molecule has 1 heterocycles. The predicted octanol–water partition coefficient (Wildman–Crippen LogP) is 2.19. The van der Waals surface area contributed by atoms with Gasteiger partial charge in [-0.3, -0.25) is 0 Å². The van der Waals surface area contributed by atoms with E-state index in [-0.39, 0.29) is 17.0 Å². The van der Waals surface area contributed by atoms with Crippen LogP contribution in [0.5, 0.6) is 0 Å². The third-order valence-corrected chi connectivity index (χ3v) is 4.10. The molecular formula is C15H23BFNO2. The van der Waals surface area contributed by atoms with Gasteiger partial charge in [-0.15, -0.1) is 0 Å². The molecule has 0 bridgehead atoms. The van der Waals surface area contributed by atoms with Crippen LogP contribution in [0.4, 0.5) is 4.39 Å². The molecule has 0 unspecified atom stereocenters. The van der Waals surface area contributed by atoms with Gasteiger partial charge in [-0.05, 0) is 64.9 Å². The molecule has 0 amide bonds. The molecule has 1 aromatic rings. The second kappa shape index (κ2) is 5.13. The van der Waals surface area contributed by atoms with Crippen LogP contribution >= 0.6 is 0 Å². The van der Waals surface area contributed by atoms with Gasteiger partial charge in [0.05, 0.1) is 11.2 Å². The Kier molecular flexibility index (Phi) is 3.97. The number of hydrogen-bond donors (Lipinski definition) is 0. The van der Waals surface area contributed by atoms with Gasteiger partial charge in [0, 0.05) is 6.54 Å². The molecule has 0 aliphatic carbocycles. The molecule has 2 rings (SSSR count). The fraction of sp³-hybridized carbons (Fsp3) is 0.600. The second-order valence-corrected chi connectivity index (χ2v) is 6.67. The summed E-state index contributed by atoms with van der Waals surface area (Å²) in [6.45, 7) is 8.71. The third-order valence-electron chi connectivity index (χ3n) is 4.10. The van der Waals surface area contributed by atoms with Crippen LogP contribution in [0.2, 0.25) is 0 Å². The molecule has 3 nitrogen and oxygen atoms in total. The molecule has 5 heteroatoms. The van der Waals surface area contributed by atoms with Gasteiger partial charge >= 0.3 is 7.12 Å². The number of hydrogen-bond acceptors (Lipinski definition) is 3. The van der Waals surface area contributed by atoms with E-state index in [0.29, 0.717) is 6.54 Å². The van der Waals surface area contributed by atoms with Crippen molar-refractivity contribution in [3.05, 3.63) is 29.6 Å². The molecule has 0 spiro atoms. The topological polar surface area (TPSA) is 21.7 Å². The Morgan fingerprint density at radius 2 is 1.65 bits per heavy atom. The quantitative estimate of drug-likeness (QED) is 0.792. The highest BCUT2D eigenvalue weighted by molar-refractivity contribution is 6.62. The summed E-state index contributed by atoms with van der Waals surface area (Å²) >= 11 is 0. The van der Waals surface area contributed by atoms with Crippen molar-refractivity contribution in [3.63, 3.8) is 0 Å². The maximum absolute atomic E-state index is 13.5. The normalized spacial score (nSPS) is 20.7. The average molecular weight is 279 g/mol. The third kappa shape index (κ3) is 2.90. The summed E-state index contributed by atoms with van der Waals surface area (Å²) in [7, 11) is 3.47. The van der Waals surface area contributed by atoms with E-state index in [1.165, 1.54) is 6.07 Å². The van der Waals surface area contributed by atoms with Crippen molar-refractivity contribution in [2.45, 2.75) is 45.4 Å². The van der Waals surface area contributed by atoms with Gasteiger partial charge in [-0.25, -0.2) is 4.39 Å². The summed E-state index contributed by atoms with van der Waals surface area (Å²) in [6, 6.07) is 4.77. The van der Waals surface area contributed by atoms with E-state index in [4.69, 9.17) is 9.31 Å². The van der Waals surface area contributed by atoms with Crippen molar-refractivity contribution >= 4 is 12.6 Å². The zero-order chi connectivity index (χ0) is 15.1. The molecule has 1 aliphatic heterocycles. The van der Waals surface area contributed by atoms with Gasteiger partial charge in [0.15, 0.2) is 0 Å². The van der Waals surface area contributed by atoms with E-state index in [1.807, 2.05) is 46.7 Å². The standard InChI is InChI=1S/C15H23BFNO2/c1-14(2)15(3,4)20-16(19-14)13-8-7-12(17)9-11(13)10-18(5)6/h7-9H,10H2,1-6H3. The smallest absolute Gasteiger partial charge is 0.399 e. The van der Waals surface area contributed by atoms with Gasteiger partial charge in [0.25, 0.3) is 0 Å². The monoisotopic (exact) mass is 279 g/mol. The van der Waals surface area contributed by atoms with Gasteiger partial charge in [0.2, 0.25) is 0 Å². The van der Waals surface area contributed by atoms with Crippen molar-refractivity contribution < 1.29 is 13.7 Å². The number of rotatable bonds is 3. The maximum Gasteiger partial charge on any atom is 0.495 e. The molecule has 1 aromatic carbocycles. The Morgan fingerprint density at radius 3 is 2.15 bits per heavy atom. The molecule has 0 N–H and O–H groups in total. The average Bonchev–Trinajstić information content (AvgIpc) is 2.46. The first-order chi connectivity index (χ1) is 9.12. The minimum atomic E-state index is -0.449. The van der Waals surface area contributed by atoms with Crippen molar-refractivity contribution in [1.82, 2.24) is 4.90 Å². The molecular weight excluding hydrogens is 256 g/mol. The summed E-state index contributed by atoms with van der Waals surface area (Å²) in [5.74, 6) is -0.234. The second-order valence-electron chi connectivity index (χ2n) is 6.67. The molecule has 20 heavy (non-hydrogen) atoms. The van der Waals surface area contributed by atoms with Crippen LogP contribution in [0, 0.1) is 5.82 Å². The highest BCUT2D eigenvalue weighted by Gasteiger charge is 2.52. The lowest BCUT2D eigenvalue weighted by atomic mass is 9.76. The lowest BCUT2D eigenvalue weighted by Gasteiger charge is -2.32. The van der Waals surface area contributed by atoms with E-state index in [9.17, 15) is 4.39 Å². The van der Waals surface area contributed by atoms with E-state index in [2.05, 4.69) is 0 Å². The highest BCUT2D eigenvalue weighted by Crippen LogP contribution is 2.36. The van der Waals surface area contributed by atoms with Gasteiger partial charge < -0.3 is 14.2 Å². The highest BCUT2D eigenvalue weighted by atomic mass is 19.1. The zero-order valence-corrected chi connectivity index (χ0v) is 13.2. The summed E-state index contributed by atoms with van der Waals surface area (Å²) in [5, 5.41) is 0. The molecule has 1 saturated heterocycles.